The zero-order valence-corrected chi connectivity index (χ0v) is 10.4. The van der Waals surface area contributed by atoms with Crippen LogP contribution >= 0.6 is 0 Å². The van der Waals surface area contributed by atoms with Crippen molar-refractivity contribution >= 4 is 0 Å². The minimum atomic E-state index is 0.185. The Morgan fingerprint density at radius 3 is 2.47 bits per heavy atom. The summed E-state index contributed by atoms with van der Waals surface area (Å²) in [7, 11) is 1.80. The fourth-order valence-corrected chi connectivity index (χ4v) is 2.91. The molecular weight excluding hydrogens is 190 g/mol. The highest BCUT2D eigenvalue weighted by Crippen LogP contribution is 2.48. The monoisotopic (exact) mass is 215 g/mol. The predicted octanol–water partition coefficient (Wildman–Crippen LogP) is 1.55. The predicted molar refractivity (Wildman–Crippen MR) is 61.9 cm³/mol. The van der Waals surface area contributed by atoms with Crippen LogP contribution in [0.4, 0.5) is 0 Å². The molecule has 0 bridgehead atoms. The molecule has 0 spiro atoms. The molecule has 2 N–H and O–H groups in total. The third kappa shape index (κ3) is 2.19. The molecule has 1 aliphatic rings. The summed E-state index contributed by atoms with van der Waals surface area (Å²) in [5, 5.41) is 12.5. The number of hydrogen-bond donors (Lipinski definition) is 2. The fraction of sp³-hybridized carbons (Fsp3) is 1.00. The van der Waals surface area contributed by atoms with Crippen LogP contribution in [0.5, 0.6) is 0 Å². The average molecular weight is 215 g/mol. The van der Waals surface area contributed by atoms with E-state index in [0.29, 0.717) is 12.1 Å². The summed E-state index contributed by atoms with van der Waals surface area (Å²) in [5.74, 6) is 0. The molecule has 0 aromatic rings. The van der Waals surface area contributed by atoms with Crippen LogP contribution < -0.4 is 5.32 Å². The van der Waals surface area contributed by atoms with Gasteiger partial charge in [0.25, 0.3) is 0 Å². The van der Waals surface area contributed by atoms with Gasteiger partial charge in [-0.3, -0.25) is 0 Å². The maximum absolute atomic E-state index is 9.05. The van der Waals surface area contributed by atoms with E-state index in [0.717, 1.165) is 19.3 Å². The number of methoxy groups -OCH3 is 1. The van der Waals surface area contributed by atoms with E-state index in [1.165, 1.54) is 0 Å². The molecule has 1 fully saturated rings. The van der Waals surface area contributed by atoms with E-state index in [1.54, 1.807) is 7.11 Å². The van der Waals surface area contributed by atoms with Gasteiger partial charge in [0.1, 0.15) is 0 Å². The SMILES string of the molecule is CCC1(CC)[C@@H](OC)C[C@H]1N[C@@H](C)CO. The molecule has 0 aromatic heterocycles. The second kappa shape index (κ2) is 5.28. The van der Waals surface area contributed by atoms with Crippen LogP contribution in [0.2, 0.25) is 0 Å². The molecule has 15 heavy (non-hydrogen) atoms. The highest BCUT2D eigenvalue weighted by Gasteiger charge is 2.52. The van der Waals surface area contributed by atoms with E-state index < -0.39 is 0 Å². The fourth-order valence-electron chi connectivity index (χ4n) is 2.91. The lowest BCUT2D eigenvalue weighted by Gasteiger charge is -2.56. The van der Waals surface area contributed by atoms with Crippen molar-refractivity contribution in [3.8, 4) is 0 Å². The number of ether oxygens (including phenoxy) is 1. The Morgan fingerprint density at radius 1 is 1.47 bits per heavy atom. The molecular formula is C12H25NO2. The first kappa shape index (κ1) is 12.9. The zero-order valence-electron chi connectivity index (χ0n) is 10.4. The lowest BCUT2D eigenvalue weighted by atomic mass is 9.58. The van der Waals surface area contributed by atoms with Gasteiger partial charge in [0.2, 0.25) is 0 Å². The second-order valence-corrected chi connectivity index (χ2v) is 4.70. The van der Waals surface area contributed by atoms with Crippen LogP contribution in [0, 0.1) is 5.41 Å². The Morgan fingerprint density at radius 2 is 2.07 bits per heavy atom. The van der Waals surface area contributed by atoms with E-state index in [9.17, 15) is 0 Å². The van der Waals surface area contributed by atoms with Gasteiger partial charge in [0.05, 0.1) is 12.7 Å². The zero-order chi connectivity index (χ0) is 11.5. The lowest BCUT2D eigenvalue weighted by Crippen LogP contribution is -2.64. The van der Waals surface area contributed by atoms with Crippen molar-refractivity contribution in [1.82, 2.24) is 5.32 Å². The quantitative estimate of drug-likeness (QED) is 0.706. The van der Waals surface area contributed by atoms with Crippen LogP contribution in [0.3, 0.4) is 0 Å². The van der Waals surface area contributed by atoms with Gasteiger partial charge in [0, 0.05) is 24.6 Å². The Bertz CT molecular complexity index is 192. The van der Waals surface area contributed by atoms with Gasteiger partial charge in [-0.2, -0.15) is 0 Å². The van der Waals surface area contributed by atoms with Crippen molar-refractivity contribution in [3.63, 3.8) is 0 Å². The molecule has 3 heteroatoms. The van der Waals surface area contributed by atoms with Crippen LogP contribution in [-0.2, 0) is 4.74 Å². The minimum Gasteiger partial charge on any atom is -0.395 e. The highest BCUT2D eigenvalue weighted by atomic mass is 16.5. The number of aliphatic hydroxyl groups is 1. The first-order chi connectivity index (χ1) is 7.14. The molecule has 1 aliphatic carbocycles. The van der Waals surface area contributed by atoms with Gasteiger partial charge >= 0.3 is 0 Å². The van der Waals surface area contributed by atoms with Crippen LogP contribution in [0.1, 0.15) is 40.0 Å². The summed E-state index contributed by atoms with van der Waals surface area (Å²) < 4.78 is 5.53. The summed E-state index contributed by atoms with van der Waals surface area (Å²) in [6.07, 6.45) is 3.73. The van der Waals surface area contributed by atoms with E-state index >= 15 is 0 Å². The van der Waals surface area contributed by atoms with Gasteiger partial charge < -0.3 is 15.2 Å². The molecule has 0 radical (unpaired) electrons. The van der Waals surface area contributed by atoms with Crippen molar-refractivity contribution in [2.45, 2.75) is 58.2 Å². The lowest BCUT2D eigenvalue weighted by molar-refractivity contribution is -0.126. The summed E-state index contributed by atoms with van der Waals surface area (Å²) in [5.41, 5.74) is 0.276. The molecule has 1 rings (SSSR count). The van der Waals surface area contributed by atoms with E-state index in [2.05, 4.69) is 19.2 Å². The molecule has 0 saturated heterocycles. The topological polar surface area (TPSA) is 41.5 Å². The van der Waals surface area contributed by atoms with E-state index in [4.69, 9.17) is 9.84 Å². The van der Waals surface area contributed by atoms with Gasteiger partial charge in [-0.15, -0.1) is 0 Å². The molecule has 90 valence electrons. The Kier molecular flexibility index (Phi) is 4.56. The third-order valence-corrected chi connectivity index (χ3v) is 4.15. The molecule has 0 aliphatic heterocycles. The number of hydrogen-bond acceptors (Lipinski definition) is 3. The summed E-state index contributed by atoms with van der Waals surface area (Å²) in [6, 6.07) is 0.685. The molecule has 0 unspecified atom stereocenters. The van der Waals surface area contributed by atoms with Gasteiger partial charge in [-0.05, 0) is 26.2 Å². The van der Waals surface area contributed by atoms with Crippen LogP contribution in [0.25, 0.3) is 0 Å². The molecule has 3 atom stereocenters. The minimum absolute atomic E-state index is 0.185. The van der Waals surface area contributed by atoms with Gasteiger partial charge in [-0.25, -0.2) is 0 Å². The third-order valence-electron chi connectivity index (χ3n) is 4.15. The Hall–Kier alpha value is -0.120. The largest absolute Gasteiger partial charge is 0.395 e. The molecule has 0 amide bonds. The van der Waals surface area contributed by atoms with Crippen molar-refractivity contribution in [2.75, 3.05) is 13.7 Å². The maximum atomic E-state index is 9.05. The first-order valence-corrected chi connectivity index (χ1v) is 6.04. The Labute approximate surface area is 93.2 Å². The second-order valence-electron chi connectivity index (χ2n) is 4.70. The number of aliphatic hydroxyl groups excluding tert-OH is 1. The van der Waals surface area contributed by atoms with Crippen molar-refractivity contribution in [2.24, 2.45) is 5.41 Å². The summed E-state index contributed by atoms with van der Waals surface area (Å²) in [6.45, 7) is 6.69. The summed E-state index contributed by atoms with van der Waals surface area (Å²) >= 11 is 0. The van der Waals surface area contributed by atoms with Crippen molar-refractivity contribution in [3.05, 3.63) is 0 Å². The van der Waals surface area contributed by atoms with Crippen molar-refractivity contribution in [1.29, 1.82) is 0 Å². The highest BCUT2D eigenvalue weighted by molar-refractivity contribution is 5.07. The maximum Gasteiger partial charge on any atom is 0.0657 e. The van der Waals surface area contributed by atoms with Crippen molar-refractivity contribution < 1.29 is 9.84 Å². The Balaban J connectivity index is 2.60. The van der Waals surface area contributed by atoms with E-state index in [1.807, 2.05) is 6.92 Å². The van der Waals surface area contributed by atoms with E-state index in [-0.39, 0.29) is 18.1 Å². The smallest absolute Gasteiger partial charge is 0.0657 e. The first-order valence-electron chi connectivity index (χ1n) is 6.04. The normalized spacial score (nSPS) is 31.0. The summed E-state index contributed by atoms with van der Waals surface area (Å²) in [4.78, 5) is 0. The standard InChI is InChI=1S/C12H25NO2/c1-5-12(6-2)10(7-11(12)15-4)13-9(3)8-14/h9-11,13-14H,5-8H2,1-4H3/t9-,10+,11-/m0/s1. The molecule has 0 heterocycles. The molecule has 1 saturated carbocycles. The molecule has 0 aromatic carbocycles. The average Bonchev–Trinajstić information content (AvgIpc) is 2.25. The number of nitrogens with one attached hydrogen (secondary N) is 1. The van der Waals surface area contributed by atoms with Gasteiger partial charge in [-0.1, -0.05) is 13.8 Å². The number of rotatable bonds is 6. The van der Waals surface area contributed by atoms with Crippen LogP contribution in [-0.4, -0.2) is 37.0 Å². The van der Waals surface area contributed by atoms with Gasteiger partial charge in [0.15, 0.2) is 0 Å². The van der Waals surface area contributed by atoms with Crippen LogP contribution in [0.15, 0.2) is 0 Å². The molecule has 3 nitrogen and oxygen atoms in total.